The molecular weight excluding hydrogens is 348 g/mol. The summed E-state index contributed by atoms with van der Waals surface area (Å²) >= 11 is 9.41. The Kier molecular flexibility index (Phi) is 4.80. The number of aryl methyl sites for hydroxylation is 1. The SMILES string of the molecule is COCc1cc(C(=O)Nc2cc(Cl)c(C)cc2Br)no1. The number of amides is 1. The molecule has 2 aromatic rings. The number of hydrogen-bond acceptors (Lipinski definition) is 4. The van der Waals surface area contributed by atoms with Gasteiger partial charge in [-0.2, -0.15) is 0 Å². The van der Waals surface area contributed by atoms with Gasteiger partial charge in [-0.25, -0.2) is 0 Å². The molecule has 0 saturated carbocycles. The summed E-state index contributed by atoms with van der Waals surface area (Å²) in [6.45, 7) is 2.15. The summed E-state index contributed by atoms with van der Waals surface area (Å²) in [6, 6.07) is 5.04. The van der Waals surface area contributed by atoms with Crippen LogP contribution in [0.25, 0.3) is 0 Å². The lowest BCUT2D eigenvalue weighted by Crippen LogP contribution is -2.12. The minimum Gasteiger partial charge on any atom is -0.377 e. The van der Waals surface area contributed by atoms with Gasteiger partial charge in [0.05, 0.1) is 5.69 Å². The first-order chi connectivity index (χ1) is 9.51. The lowest BCUT2D eigenvalue weighted by Gasteiger charge is -2.08. The molecule has 1 amide bonds. The summed E-state index contributed by atoms with van der Waals surface area (Å²) in [5, 5.41) is 6.97. The summed E-state index contributed by atoms with van der Waals surface area (Å²) in [4.78, 5) is 12.0. The molecule has 7 heteroatoms. The predicted octanol–water partition coefficient (Wildman–Crippen LogP) is 3.80. The number of hydrogen-bond donors (Lipinski definition) is 1. The molecule has 1 N–H and O–H groups in total. The Morgan fingerprint density at radius 3 is 2.95 bits per heavy atom. The minimum absolute atomic E-state index is 0.181. The fourth-order valence-corrected chi connectivity index (χ4v) is 2.28. The van der Waals surface area contributed by atoms with Crippen molar-refractivity contribution in [1.29, 1.82) is 0 Å². The second-order valence-corrected chi connectivity index (χ2v) is 5.41. The molecular formula is C13H12BrClN2O3. The third-order valence-corrected chi connectivity index (χ3v) is 3.64. The smallest absolute Gasteiger partial charge is 0.277 e. The number of carbonyl (C=O) groups excluding carboxylic acids is 1. The van der Waals surface area contributed by atoms with Gasteiger partial charge in [0, 0.05) is 22.7 Å². The number of aromatic nitrogens is 1. The van der Waals surface area contributed by atoms with Gasteiger partial charge in [0.1, 0.15) is 6.61 Å². The molecule has 0 radical (unpaired) electrons. The van der Waals surface area contributed by atoms with Crippen molar-refractivity contribution in [2.24, 2.45) is 0 Å². The van der Waals surface area contributed by atoms with E-state index in [1.165, 1.54) is 13.2 Å². The summed E-state index contributed by atoms with van der Waals surface area (Å²) in [7, 11) is 1.54. The summed E-state index contributed by atoms with van der Waals surface area (Å²) < 4.78 is 10.6. The monoisotopic (exact) mass is 358 g/mol. The van der Waals surface area contributed by atoms with Crippen LogP contribution in [0.2, 0.25) is 5.02 Å². The molecule has 0 aliphatic rings. The number of ether oxygens (including phenoxy) is 1. The van der Waals surface area contributed by atoms with E-state index in [4.69, 9.17) is 20.9 Å². The zero-order valence-electron chi connectivity index (χ0n) is 10.9. The molecule has 0 unspecified atom stereocenters. The number of nitrogens with zero attached hydrogens (tertiary/aromatic N) is 1. The maximum absolute atomic E-state index is 12.0. The third-order valence-electron chi connectivity index (χ3n) is 2.57. The van der Waals surface area contributed by atoms with Gasteiger partial charge in [0.15, 0.2) is 11.5 Å². The van der Waals surface area contributed by atoms with Crippen LogP contribution in [-0.4, -0.2) is 18.2 Å². The van der Waals surface area contributed by atoms with Crippen molar-refractivity contribution in [3.8, 4) is 0 Å². The zero-order valence-corrected chi connectivity index (χ0v) is 13.2. The van der Waals surface area contributed by atoms with E-state index in [-0.39, 0.29) is 18.2 Å². The van der Waals surface area contributed by atoms with Crippen LogP contribution >= 0.6 is 27.5 Å². The Labute approximate surface area is 129 Å². The largest absolute Gasteiger partial charge is 0.377 e. The quantitative estimate of drug-likeness (QED) is 0.902. The summed E-state index contributed by atoms with van der Waals surface area (Å²) in [5.41, 5.74) is 1.67. The average Bonchev–Trinajstić information content (AvgIpc) is 2.85. The molecule has 20 heavy (non-hydrogen) atoms. The van der Waals surface area contributed by atoms with E-state index < -0.39 is 0 Å². The third kappa shape index (κ3) is 3.39. The standard InChI is InChI=1S/C13H12BrClN2O3/c1-7-3-9(14)11(5-10(7)15)16-13(18)12-4-8(6-19-2)20-17-12/h3-5H,6H2,1-2H3,(H,16,18). The van der Waals surface area contributed by atoms with Crippen LogP contribution in [0.5, 0.6) is 0 Å². The maximum Gasteiger partial charge on any atom is 0.277 e. The van der Waals surface area contributed by atoms with Gasteiger partial charge in [0.25, 0.3) is 5.91 Å². The van der Waals surface area contributed by atoms with Gasteiger partial charge in [-0.3, -0.25) is 4.79 Å². The minimum atomic E-state index is -0.378. The number of halogens is 2. The van der Waals surface area contributed by atoms with Crippen molar-refractivity contribution in [3.63, 3.8) is 0 Å². The van der Waals surface area contributed by atoms with Crippen LogP contribution in [-0.2, 0) is 11.3 Å². The van der Waals surface area contributed by atoms with Gasteiger partial charge in [-0.1, -0.05) is 16.8 Å². The fourth-order valence-electron chi connectivity index (χ4n) is 1.56. The van der Waals surface area contributed by atoms with Crippen molar-refractivity contribution < 1.29 is 14.1 Å². The molecule has 1 heterocycles. The lowest BCUT2D eigenvalue weighted by molar-refractivity contribution is 0.101. The van der Waals surface area contributed by atoms with Crippen molar-refractivity contribution in [3.05, 3.63) is 44.7 Å². The van der Waals surface area contributed by atoms with E-state index in [1.807, 2.05) is 13.0 Å². The molecule has 0 aliphatic carbocycles. The number of carbonyl (C=O) groups is 1. The Balaban J connectivity index is 2.16. The van der Waals surface area contributed by atoms with Gasteiger partial charge < -0.3 is 14.6 Å². The van der Waals surface area contributed by atoms with Crippen LogP contribution in [0.4, 0.5) is 5.69 Å². The highest BCUT2D eigenvalue weighted by molar-refractivity contribution is 9.10. The fraction of sp³-hybridized carbons (Fsp3) is 0.231. The summed E-state index contributed by atoms with van der Waals surface area (Å²) in [5.74, 6) is 0.107. The van der Waals surface area contributed by atoms with Crippen molar-refractivity contribution in [1.82, 2.24) is 5.16 Å². The molecule has 106 valence electrons. The highest BCUT2D eigenvalue weighted by atomic mass is 79.9. The van der Waals surface area contributed by atoms with Crippen LogP contribution in [0.15, 0.2) is 27.2 Å². The number of benzene rings is 1. The molecule has 1 aromatic carbocycles. The van der Waals surface area contributed by atoms with Crippen LogP contribution < -0.4 is 5.32 Å². The topological polar surface area (TPSA) is 64.4 Å². The molecule has 0 aliphatic heterocycles. The van der Waals surface area contributed by atoms with E-state index in [0.717, 1.165) is 10.0 Å². The van der Waals surface area contributed by atoms with Crippen molar-refractivity contribution >= 4 is 39.1 Å². The van der Waals surface area contributed by atoms with Gasteiger partial charge >= 0.3 is 0 Å². The van der Waals surface area contributed by atoms with Crippen LogP contribution in [0, 0.1) is 6.92 Å². The first-order valence-electron chi connectivity index (χ1n) is 5.72. The highest BCUT2D eigenvalue weighted by Gasteiger charge is 2.14. The van der Waals surface area contributed by atoms with Crippen LogP contribution in [0.1, 0.15) is 21.8 Å². The summed E-state index contributed by atoms with van der Waals surface area (Å²) in [6.07, 6.45) is 0. The second kappa shape index (κ2) is 6.39. The predicted molar refractivity (Wildman–Crippen MR) is 79.1 cm³/mol. The first kappa shape index (κ1) is 15.0. The van der Waals surface area contributed by atoms with Gasteiger partial charge in [-0.05, 0) is 40.5 Å². The highest BCUT2D eigenvalue weighted by Crippen LogP contribution is 2.29. The molecule has 2 rings (SSSR count). The van der Waals surface area contributed by atoms with E-state index in [9.17, 15) is 4.79 Å². The Hall–Kier alpha value is -1.37. The van der Waals surface area contributed by atoms with E-state index >= 15 is 0 Å². The van der Waals surface area contributed by atoms with Crippen LogP contribution in [0.3, 0.4) is 0 Å². The number of nitrogens with one attached hydrogen (secondary N) is 1. The number of methoxy groups -OCH3 is 1. The van der Waals surface area contributed by atoms with E-state index in [0.29, 0.717) is 16.5 Å². The molecule has 0 bridgehead atoms. The Morgan fingerprint density at radius 1 is 1.50 bits per heavy atom. The number of anilines is 1. The Morgan fingerprint density at radius 2 is 2.25 bits per heavy atom. The molecule has 0 fully saturated rings. The van der Waals surface area contributed by atoms with Crippen molar-refractivity contribution in [2.45, 2.75) is 13.5 Å². The lowest BCUT2D eigenvalue weighted by atomic mass is 10.2. The maximum atomic E-state index is 12.0. The van der Waals surface area contributed by atoms with Gasteiger partial charge in [0.2, 0.25) is 0 Å². The second-order valence-electron chi connectivity index (χ2n) is 4.15. The number of rotatable bonds is 4. The zero-order chi connectivity index (χ0) is 14.7. The Bertz CT molecular complexity index is 643. The molecule has 0 atom stereocenters. The molecule has 5 nitrogen and oxygen atoms in total. The first-order valence-corrected chi connectivity index (χ1v) is 6.90. The normalized spacial score (nSPS) is 10.6. The molecule has 1 aromatic heterocycles. The molecule has 0 saturated heterocycles. The van der Waals surface area contributed by atoms with Gasteiger partial charge in [-0.15, -0.1) is 0 Å². The average molecular weight is 360 g/mol. The van der Waals surface area contributed by atoms with E-state index in [1.54, 1.807) is 6.07 Å². The molecule has 0 spiro atoms. The van der Waals surface area contributed by atoms with Crippen molar-refractivity contribution in [2.75, 3.05) is 12.4 Å². The van der Waals surface area contributed by atoms with E-state index in [2.05, 4.69) is 26.4 Å².